The highest BCUT2D eigenvalue weighted by Gasteiger charge is 2.32. The summed E-state index contributed by atoms with van der Waals surface area (Å²) >= 11 is 0. The molecule has 0 aromatic carbocycles. The molecule has 1 fully saturated rings. The zero-order valence-corrected chi connectivity index (χ0v) is 10.7. The molecule has 0 saturated carbocycles. The van der Waals surface area contributed by atoms with Crippen LogP contribution in [0.25, 0.3) is 0 Å². The molecular formula is C12H21NO4. The van der Waals surface area contributed by atoms with E-state index in [4.69, 9.17) is 9.84 Å². The number of ether oxygens (including phenoxy) is 1. The van der Waals surface area contributed by atoms with Gasteiger partial charge in [-0.2, -0.15) is 0 Å². The minimum Gasteiger partial charge on any atom is -0.481 e. The third kappa shape index (κ3) is 3.70. The van der Waals surface area contributed by atoms with E-state index in [2.05, 4.69) is 0 Å². The summed E-state index contributed by atoms with van der Waals surface area (Å²) in [4.78, 5) is 24.5. The van der Waals surface area contributed by atoms with Crippen molar-refractivity contribution in [2.75, 3.05) is 19.7 Å². The van der Waals surface area contributed by atoms with E-state index in [9.17, 15) is 9.59 Å². The molecule has 0 aromatic heterocycles. The van der Waals surface area contributed by atoms with Gasteiger partial charge in [-0.05, 0) is 20.3 Å². The largest absolute Gasteiger partial charge is 0.481 e. The molecule has 17 heavy (non-hydrogen) atoms. The summed E-state index contributed by atoms with van der Waals surface area (Å²) in [5, 5.41) is 8.85. The molecule has 1 saturated heterocycles. The summed E-state index contributed by atoms with van der Waals surface area (Å²) < 4.78 is 5.37. The van der Waals surface area contributed by atoms with Crippen molar-refractivity contribution in [1.82, 2.24) is 4.90 Å². The molecular weight excluding hydrogens is 222 g/mol. The monoisotopic (exact) mass is 243 g/mol. The van der Waals surface area contributed by atoms with E-state index in [0.29, 0.717) is 13.2 Å². The number of carboxylic acids is 1. The van der Waals surface area contributed by atoms with Crippen LogP contribution in [0.3, 0.4) is 0 Å². The minimum atomic E-state index is -0.868. The molecule has 0 radical (unpaired) electrons. The van der Waals surface area contributed by atoms with Crippen molar-refractivity contribution in [3.63, 3.8) is 0 Å². The maximum Gasteiger partial charge on any atom is 0.308 e. The van der Waals surface area contributed by atoms with Crippen molar-refractivity contribution in [2.24, 2.45) is 11.8 Å². The van der Waals surface area contributed by atoms with Gasteiger partial charge in [0.1, 0.15) is 0 Å². The van der Waals surface area contributed by atoms with Gasteiger partial charge in [0, 0.05) is 13.1 Å². The lowest BCUT2D eigenvalue weighted by molar-refractivity contribution is -0.143. The fourth-order valence-electron chi connectivity index (χ4n) is 2.03. The SMILES string of the molecule is CCN(CC(C)C(=O)O)C(=O)C1COC(C)C1. The van der Waals surface area contributed by atoms with Crippen molar-refractivity contribution in [2.45, 2.75) is 33.3 Å². The zero-order chi connectivity index (χ0) is 13.0. The molecule has 0 aliphatic carbocycles. The Morgan fingerprint density at radius 2 is 2.18 bits per heavy atom. The summed E-state index contributed by atoms with van der Waals surface area (Å²) in [6.07, 6.45) is 0.858. The molecule has 5 heteroatoms. The maximum absolute atomic E-state index is 12.1. The molecule has 1 aliphatic rings. The molecule has 0 aromatic rings. The minimum absolute atomic E-state index is 0.0185. The van der Waals surface area contributed by atoms with Crippen LogP contribution in [0.4, 0.5) is 0 Å². The van der Waals surface area contributed by atoms with Crippen LogP contribution in [0.1, 0.15) is 27.2 Å². The van der Waals surface area contributed by atoms with E-state index in [1.807, 2.05) is 13.8 Å². The fourth-order valence-corrected chi connectivity index (χ4v) is 2.03. The van der Waals surface area contributed by atoms with Gasteiger partial charge in [0.2, 0.25) is 5.91 Å². The number of hydrogen-bond donors (Lipinski definition) is 1. The summed E-state index contributed by atoms with van der Waals surface area (Å²) in [6, 6.07) is 0. The number of aliphatic carboxylic acids is 1. The molecule has 3 atom stereocenters. The zero-order valence-electron chi connectivity index (χ0n) is 10.7. The predicted molar refractivity (Wildman–Crippen MR) is 62.6 cm³/mol. The highest BCUT2D eigenvalue weighted by molar-refractivity contribution is 5.80. The molecule has 3 unspecified atom stereocenters. The third-order valence-electron chi connectivity index (χ3n) is 3.16. The van der Waals surface area contributed by atoms with Crippen LogP contribution in [0, 0.1) is 11.8 Å². The van der Waals surface area contributed by atoms with Crippen LogP contribution in [0.5, 0.6) is 0 Å². The normalized spacial score (nSPS) is 25.6. The summed E-state index contributed by atoms with van der Waals surface area (Å²) in [5.41, 5.74) is 0. The van der Waals surface area contributed by atoms with Crippen molar-refractivity contribution >= 4 is 11.9 Å². The van der Waals surface area contributed by atoms with Gasteiger partial charge in [-0.3, -0.25) is 9.59 Å². The number of rotatable bonds is 5. The second kappa shape index (κ2) is 6.00. The Morgan fingerprint density at radius 1 is 1.53 bits per heavy atom. The van der Waals surface area contributed by atoms with E-state index >= 15 is 0 Å². The van der Waals surface area contributed by atoms with Gasteiger partial charge in [-0.15, -0.1) is 0 Å². The van der Waals surface area contributed by atoms with Crippen LogP contribution in [-0.2, 0) is 14.3 Å². The molecule has 1 amide bonds. The van der Waals surface area contributed by atoms with E-state index in [-0.39, 0.29) is 24.5 Å². The quantitative estimate of drug-likeness (QED) is 0.781. The van der Waals surface area contributed by atoms with Crippen molar-refractivity contribution in [3.05, 3.63) is 0 Å². The predicted octanol–water partition coefficient (Wildman–Crippen LogP) is 0.981. The lowest BCUT2D eigenvalue weighted by atomic mass is 10.0. The molecule has 5 nitrogen and oxygen atoms in total. The topological polar surface area (TPSA) is 66.8 Å². The highest BCUT2D eigenvalue weighted by atomic mass is 16.5. The average molecular weight is 243 g/mol. The fraction of sp³-hybridized carbons (Fsp3) is 0.833. The molecule has 1 rings (SSSR count). The standard InChI is InChI=1S/C12H21NO4/c1-4-13(6-8(2)12(15)16)11(14)10-5-9(3)17-7-10/h8-10H,4-7H2,1-3H3,(H,15,16). The van der Waals surface area contributed by atoms with Crippen LogP contribution in [0.15, 0.2) is 0 Å². The first-order valence-electron chi connectivity index (χ1n) is 6.08. The molecule has 1 aliphatic heterocycles. The van der Waals surface area contributed by atoms with E-state index < -0.39 is 11.9 Å². The number of nitrogens with zero attached hydrogens (tertiary/aromatic N) is 1. The first-order valence-corrected chi connectivity index (χ1v) is 6.08. The third-order valence-corrected chi connectivity index (χ3v) is 3.16. The lowest BCUT2D eigenvalue weighted by Crippen LogP contribution is -2.40. The first kappa shape index (κ1) is 14.0. The first-order chi connectivity index (χ1) is 7.95. The number of hydrogen-bond acceptors (Lipinski definition) is 3. The Balaban J connectivity index is 2.55. The summed E-state index contributed by atoms with van der Waals surface area (Å²) in [5.74, 6) is -1.48. The van der Waals surface area contributed by atoms with Gasteiger partial charge in [0.25, 0.3) is 0 Å². The Hall–Kier alpha value is -1.10. The smallest absolute Gasteiger partial charge is 0.308 e. The van der Waals surface area contributed by atoms with Gasteiger partial charge in [-0.25, -0.2) is 0 Å². The molecule has 0 spiro atoms. The number of carboxylic acid groups (broad SMARTS) is 1. The molecule has 0 bridgehead atoms. The van der Waals surface area contributed by atoms with Gasteiger partial charge in [-0.1, -0.05) is 6.92 Å². The van der Waals surface area contributed by atoms with Crippen molar-refractivity contribution in [3.8, 4) is 0 Å². The van der Waals surface area contributed by atoms with Crippen LogP contribution >= 0.6 is 0 Å². The summed E-state index contributed by atoms with van der Waals surface area (Å²) in [7, 11) is 0. The lowest BCUT2D eigenvalue weighted by Gasteiger charge is -2.25. The van der Waals surface area contributed by atoms with Gasteiger partial charge in [0.05, 0.1) is 24.5 Å². The van der Waals surface area contributed by atoms with E-state index in [1.54, 1.807) is 11.8 Å². The van der Waals surface area contributed by atoms with Crippen LogP contribution < -0.4 is 0 Å². The molecule has 98 valence electrons. The second-order valence-corrected chi connectivity index (χ2v) is 4.69. The van der Waals surface area contributed by atoms with Crippen molar-refractivity contribution in [1.29, 1.82) is 0 Å². The van der Waals surface area contributed by atoms with Crippen molar-refractivity contribution < 1.29 is 19.4 Å². The average Bonchev–Trinajstić information content (AvgIpc) is 2.71. The van der Waals surface area contributed by atoms with Gasteiger partial charge in [0.15, 0.2) is 0 Å². The Kier molecular flexibility index (Phi) is 4.93. The number of amides is 1. The van der Waals surface area contributed by atoms with Crippen LogP contribution in [-0.4, -0.2) is 47.7 Å². The van der Waals surface area contributed by atoms with Gasteiger partial charge < -0.3 is 14.7 Å². The van der Waals surface area contributed by atoms with Crippen LogP contribution in [0.2, 0.25) is 0 Å². The highest BCUT2D eigenvalue weighted by Crippen LogP contribution is 2.21. The maximum atomic E-state index is 12.1. The Labute approximate surface area is 102 Å². The van der Waals surface area contributed by atoms with E-state index in [0.717, 1.165) is 6.42 Å². The molecule has 1 heterocycles. The second-order valence-electron chi connectivity index (χ2n) is 4.69. The number of carbonyl (C=O) groups is 2. The Bertz CT molecular complexity index is 292. The summed E-state index contributed by atoms with van der Waals surface area (Å²) in [6.45, 7) is 6.70. The number of carbonyl (C=O) groups excluding carboxylic acids is 1. The van der Waals surface area contributed by atoms with E-state index in [1.165, 1.54) is 0 Å². The van der Waals surface area contributed by atoms with Gasteiger partial charge >= 0.3 is 5.97 Å². The Morgan fingerprint density at radius 3 is 2.59 bits per heavy atom. The molecule has 1 N–H and O–H groups in total.